The van der Waals surface area contributed by atoms with Gasteiger partial charge < -0.3 is 0 Å². The maximum absolute atomic E-state index is 6.03. The predicted molar refractivity (Wildman–Crippen MR) is 64.0 cm³/mol. The molecule has 0 N–H and O–H groups in total. The van der Waals surface area contributed by atoms with Gasteiger partial charge in [-0.15, -0.1) is 0 Å². The van der Waals surface area contributed by atoms with E-state index in [2.05, 4.69) is 0 Å². The molecular weight excluding hydrogens is 262 g/mol. The maximum Gasteiger partial charge on any atom is 0.0785 e. The van der Waals surface area contributed by atoms with E-state index in [1.165, 1.54) is 0 Å². The molecule has 0 amide bonds. The van der Waals surface area contributed by atoms with Gasteiger partial charge in [-0.3, -0.25) is 0 Å². The summed E-state index contributed by atoms with van der Waals surface area (Å²) in [7, 11) is 0. The molecular formula is C10H4Cl4. The number of benzene rings is 2. The van der Waals surface area contributed by atoms with Gasteiger partial charge in [0.1, 0.15) is 0 Å². The van der Waals surface area contributed by atoms with Gasteiger partial charge >= 0.3 is 0 Å². The largest absolute Gasteiger partial charge is 0.0843 e. The summed E-state index contributed by atoms with van der Waals surface area (Å²) < 4.78 is 0. The lowest BCUT2D eigenvalue weighted by Gasteiger charge is -2.05. The predicted octanol–water partition coefficient (Wildman–Crippen LogP) is 5.45. The molecule has 0 heterocycles. The molecule has 0 fully saturated rings. The van der Waals surface area contributed by atoms with E-state index < -0.39 is 0 Å². The second-order valence-corrected chi connectivity index (χ2v) is 4.45. The van der Waals surface area contributed by atoms with Crippen LogP contribution in [0, 0.1) is 0 Å². The molecule has 0 saturated carbocycles. The fourth-order valence-corrected chi connectivity index (χ4v) is 2.12. The molecule has 0 saturated heterocycles. The molecule has 0 atom stereocenters. The minimum absolute atomic E-state index is 0.364. The number of rotatable bonds is 0. The first-order chi connectivity index (χ1) is 6.59. The van der Waals surface area contributed by atoms with Crippen molar-refractivity contribution in [3.05, 3.63) is 44.4 Å². The van der Waals surface area contributed by atoms with Crippen LogP contribution in [0.25, 0.3) is 10.8 Å². The van der Waals surface area contributed by atoms with Gasteiger partial charge in [-0.2, -0.15) is 0 Å². The van der Waals surface area contributed by atoms with Crippen LogP contribution in [0.3, 0.4) is 0 Å². The fraction of sp³-hybridized carbons (Fsp3) is 0. The van der Waals surface area contributed by atoms with Crippen LogP contribution in [0.5, 0.6) is 0 Å². The molecule has 2 aromatic rings. The molecule has 0 aliphatic rings. The molecule has 0 spiro atoms. The summed E-state index contributed by atoms with van der Waals surface area (Å²) in [5, 5.41) is 3.62. The Kier molecular flexibility index (Phi) is 2.81. The zero-order valence-corrected chi connectivity index (χ0v) is 9.84. The third kappa shape index (κ3) is 1.68. The molecule has 0 radical (unpaired) electrons. The standard InChI is InChI=1S/C10H4Cl4/c11-6-2-1-5-3-8(12)10(14)9(13)7(5)4-6/h1-4H. The Bertz CT molecular complexity index is 505. The van der Waals surface area contributed by atoms with E-state index in [1.807, 2.05) is 6.07 Å². The number of halogens is 4. The Morgan fingerprint density at radius 1 is 0.786 bits per heavy atom. The third-order valence-electron chi connectivity index (χ3n) is 1.94. The minimum Gasteiger partial charge on any atom is -0.0843 e. The summed E-state index contributed by atoms with van der Waals surface area (Å²) >= 11 is 23.7. The van der Waals surface area contributed by atoms with Crippen LogP contribution in [0.15, 0.2) is 24.3 Å². The van der Waals surface area contributed by atoms with Crippen molar-refractivity contribution in [1.29, 1.82) is 0 Å². The molecule has 0 aliphatic carbocycles. The van der Waals surface area contributed by atoms with Crippen molar-refractivity contribution in [2.75, 3.05) is 0 Å². The Morgan fingerprint density at radius 3 is 2.21 bits per heavy atom. The van der Waals surface area contributed by atoms with Gasteiger partial charge in [-0.1, -0.05) is 52.5 Å². The van der Waals surface area contributed by atoms with Gasteiger partial charge in [0.15, 0.2) is 0 Å². The Balaban J connectivity index is 2.92. The Hall–Kier alpha value is -0.140. The Morgan fingerprint density at radius 2 is 1.50 bits per heavy atom. The van der Waals surface area contributed by atoms with Crippen molar-refractivity contribution in [2.45, 2.75) is 0 Å². The van der Waals surface area contributed by atoms with Crippen LogP contribution in [0.1, 0.15) is 0 Å². The maximum atomic E-state index is 6.03. The summed E-state index contributed by atoms with van der Waals surface area (Å²) in [6.07, 6.45) is 0. The highest BCUT2D eigenvalue weighted by Crippen LogP contribution is 2.37. The van der Waals surface area contributed by atoms with E-state index in [1.54, 1.807) is 18.2 Å². The van der Waals surface area contributed by atoms with Gasteiger partial charge in [0.05, 0.1) is 15.1 Å². The Labute approximate surface area is 101 Å². The molecule has 0 aromatic heterocycles. The van der Waals surface area contributed by atoms with E-state index in [0.29, 0.717) is 20.1 Å². The average molecular weight is 266 g/mol. The van der Waals surface area contributed by atoms with E-state index in [-0.39, 0.29) is 0 Å². The second kappa shape index (κ2) is 3.79. The average Bonchev–Trinajstić information content (AvgIpc) is 2.16. The second-order valence-electron chi connectivity index (χ2n) is 2.85. The van der Waals surface area contributed by atoms with Crippen LogP contribution >= 0.6 is 46.4 Å². The normalized spacial score (nSPS) is 10.9. The van der Waals surface area contributed by atoms with Crippen LogP contribution in [-0.4, -0.2) is 0 Å². The first-order valence-corrected chi connectivity index (χ1v) is 5.33. The van der Waals surface area contributed by atoms with Crippen molar-refractivity contribution >= 4 is 57.2 Å². The lowest BCUT2D eigenvalue weighted by Crippen LogP contribution is -1.78. The summed E-state index contributed by atoms with van der Waals surface area (Å²) in [6, 6.07) is 7.17. The summed E-state index contributed by atoms with van der Waals surface area (Å²) in [6.45, 7) is 0. The smallest absolute Gasteiger partial charge is 0.0785 e. The monoisotopic (exact) mass is 264 g/mol. The van der Waals surface area contributed by atoms with Crippen molar-refractivity contribution in [2.24, 2.45) is 0 Å². The zero-order chi connectivity index (χ0) is 10.3. The highest BCUT2D eigenvalue weighted by atomic mass is 35.5. The quantitative estimate of drug-likeness (QED) is 0.556. The van der Waals surface area contributed by atoms with E-state index in [9.17, 15) is 0 Å². The molecule has 0 unspecified atom stereocenters. The van der Waals surface area contributed by atoms with Gasteiger partial charge in [-0.25, -0.2) is 0 Å². The van der Waals surface area contributed by atoms with Gasteiger partial charge in [-0.05, 0) is 23.6 Å². The minimum atomic E-state index is 0.364. The van der Waals surface area contributed by atoms with Crippen molar-refractivity contribution in [1.82, 2.24) is 0 Å². The molecule has 14 heavy (non-hydrogen) atoms. The number of hydrogen-bond acceptors (Lipinski definition) is 0. The molecule has 0 aliphatic heterocycles. The molecule has 2 aromatic carbocycles. The summed E-state index contributed by atoms with van der Waals surface area (Å²) in [5.41, 5.74) is 0. The summed E-state index contributed by atoms with van der Waals surface area (Å²) in [5.74, 6) is 0. The first-order valence-electron chi connectivity index (χ1n) is 3.82. The van der Waals surface area contributed by atoms with Crippen LogP contribution < -0.4 is 0 Å². The van der Waals surface area contributed by atoms with Crippen LogP contribution in [0.4, 0.5) is 0 Å². The van der Waals surface area contributed by atoms with Gasteiger partial charge in [0, 0.05) is 10.4 Å². The fourth-order valence-electron chi connectivity index (χ4n) is 1.27. The third-order valence-corrected chi connectivity index (χ3v) is 3.45. The van der Waals surface area contributed by atoms with E-state index >= 15 is 0 Å². The highest BCUT2D eigenvalue weighted by molar-refractivity contribution is 6.50. The van der Waals surface area contributed by atoms with E-state index in [4.69, 9.17) is 46.4 Å². The molecule has 0 nitrogen and oxygen atoms in total. The molecule has 4 heteroatoms. The first kappa shape index (κ1) is 10.4. The lowest BCUT2D eigenvalue weighted by molar-refractivity contribution is 1.74. The van der Waals surface area contributed by atoms with Crippen molar-refractivity contribution < 1.29 is 0 Å². The summed E-state index contributed by atoms with van der Waals surface area (Å²) in [4.78, 5) is 0. The topological polar surface area (TPSA) is 0 Å². The van der Waals surface area contributed by atoms with Crippen LogP contribution in [0.2, 0.25) is 20.1 Å². The SMILES string of the molecule is Clc1ccc2cc(Cl)c(Cl)c(Cl)c2c1. The molecule has 0 bridgehead atoms. The van der Waals surface area contributed by atoms with Crippen molar-refractivity contribution in [3.63, 3.8) is 0 Å². The lowest BCUT2D eigenvalue weighted by atomic mass is 10.1. The van der Waals surface area contributed by atoms with Gasteiger partial charge in [0.25, 0.3) is 0 Å². The van der Waals surface area contributed by atoms with Crippen molar-refractivity contribution in [3.8, 4) is 0 Å². The zero-order valence-electron chi connectivity index (χ0n) is 6.82. The molecule has 72 valence electrons. The van der Waals surface area contributed by atoms with Crippen LogP contribution in [-0.2, 0) is 0 Å². The van der Waals surface area contributed by atoms with E-state index in [0.717, 1.165) is 10.8 Å². The highest BCUT2D eigenvalue weighted by Gasteiger charge is 2.08. The van der Waals surface area contributed by atoms with Gasteiger partial charge in [0.2, 0.25) is 0 Å². The number of fused-ring (bicyclic) bond motifs is 1. The molecule has 2 rings (SSSR count). The number of hydrogen-bond donors (Lipinski definition) is 0.